The molecule has 0 radical (unpaired) electrons. The smallest absolute Gasteiger partial charge is 0.0162 e. The van der Waals surface area contributed by atoms with Crippen LogP contribution < -0.4 is 0 Å². The van der Waals surface area contributed by atoms with Crippen molar-refractivity contribution in [2.45, 2.75) is 155 Å². The maximum absolute atomic E-state index is 2.37. The highest BCUT2D eigenvalue weighted by Crippen LogP contribution is 2.45. The van der Waals surface area contributed by atoms with Gasteiger partial charge in [0.1, 0.15) is 0 Å². The fourth-order valence-electron chi connectivity index (χ4n) is 9.66. The molecule has 0 heterocycles. The molecule has 42 heavy (non-hydrogen) atoms. The number of benzene rings is 2. The molecular formula is C42H64. The summed E-state index contributed by atoms with van der Waals surface area (Å²) in [5, 5.41) is 0. The molecule has 2 aromatic carbocycles. The van der Waals surface area contributed by atoms with E-state index in [9.17, 15) is 0 Å². The Labute approximate surface area is 260 Å². The third kappa shape index (κ3) is 8.76. The zero-order chi connectivity index (χ0) is 29.3. The molecule has 4 saturated carbocycles. The van der Waals surface area contributed by atoms with Crippen molar-refractivity contribution >= 4 is 0 Å². The molecule has 0 N–H and O–H groups in total. The van der Waals surface area contributed by atoms with E-state index in [-0.39, 0.29) is 0 Å². The molecule has 4 fully saturated rings. The lowest BCUT2D eigenvalue weighted by atomic mass is 9.68. The van der Waals surface area contributed by atoms with Crippen molar-refractivity contribution in [2.24, 2.45) is 35.5 Å². The summed E-state index contributed by atoms with van der Waals surface area (Å²) in [5.74, 6) is 7.99. The van der Waals surface area contributed by atoms with E-state index < -0.39 is 0 Å². The third-order valence-electron chi connectivity index (χ3n) is 12.9. The van der Waals surface area contributed by atoms with Crippen LogP contribution in [-0.4, -0.2) is 0 Å². The second kappa shape index (κ2) is 16.0. The van der Waals surface area contributed by atoms with Crippen molar-refractivity contribution in [3.63, 3.8) is 0 Å². The predicted molar refractivity (Wildman–Crippen MR) is 183 cm³/mol. The molecule has 0 unspecified atom stereocenters. The summed E-state index contributed by atoms with van der Waals surface area (Å²) in [7, 11) is 0. The first-order valence-electron chi connectivity index (χ1n) is 18.6. The highest BCUT2D eigenvalue weighted by atomic mass is 14.4. The van der Waals surface area contributed by atoms with Crippen molar-refractivity contribution in [1.82, 2.24) is 0 Å². The Morgan fingerprint density at radius 2 is 0.643 bits per heavy atom. The fraction of sp³-hybridized carbons (Fsp3) is 0.714. The van der Waals surface area contributed by atoms with Crippen LogP contribution >= 0.6 is 0 Å². The maximum atomic E-state index is 2.37. The molecule has 0 spiro atoms. The Kier molecular flexibility index (Phi) is 12.1. The molecular weight excluding hydrogens is 504 g/mol. The molecule has 0 atom stereocenters. The monoisotopic (exact) mass is 569 g/mol. The molecule has 0 aliphatic heterocycles. The number of rotatable bonds is 6. The standard InChI is InChI=1S/2C21H32/c2*1-3-17-6-10-19(11-7-17)21-14-12-20(13-15-21)18-8-4-16(2)5-9-18/h2*4-5,8-9,17,19-21H,3,6-7,10-15H2,1-2H3. The van der Waals surface area contributed by atoms with E-state index in [1.807, 2.05) is 0 Å². The van der Waals surface area contributed by atoms with Crippen LogP contribution in [0.15, 0.2) is 48.5 Å². The first-order chi connectivity index (χ1) is 20.5. The highest BCUT2D eigenvalue weighted by molar-refractivity contribution is 5.25. The average molecular weight is 569 g/mol. The van der Waals surface area contributed by atoms with Gasteiger partial charge in [-0.05, 0) is 149 Å². The highest BCUT2D eigenvalue weighted by Gasteiger charge is 2.32. The number of hydrogen-bond acceptors (Lipinski definition) is 0. The molecule has 0 amide bonds. The van der Waals surface area contributed by atoms with Crippen LogP contribution in [0.4, 0.5) is 0 Å². The maximum Gasteiger partial charge on any atom is -0.0162 e. The minimum Gasteiger partial charge on any atom is -0.0651 e. The summed E-state index contributed by atoms with van der Waals surface area (Å²) >= 11 is 0. The second-order valence-electron chi connectivity index (χ2n) is 15.4. The summed E-state index contributed by atoms with van der Waals surface area (Å²) in [6.45, 7) is 9.12. The van der Waals surface area contributed by atoms with E-state index in [2.05, 4.69) is 76.2 Å². The number of aryl methyl sites for hydroxylation is 2. The Hall–Kier alpha value is -1.56. The SMILES string of the molecule is CCC1CCC(C2CCC(c3ccc(C)cc3)CC2)CC1.CCC1CCC(C2CCC(c3ccc(C)cc3)CC2)CC1. The van der Waals surface area contributed by atoms with Gasteiger partial charge < -0.3 is 0 Å². The first kappa shape index (κ1) is 31.9. The van der Waals surface area contributed by atoms with Crippen LogP contribution in [0.2, 0.25) is 0 Å². The van der Waals surface area contributed by atoms with Gasteiger partial charge in [-0.3, -0.25) is 0 Å². The van der Waals surface area contributed by atoms with Gasteiger partial charge in [0.15, 0.2) is 0 Å². The third-order valence-corrected chi connectivity index (χ3v) is 12.9. The van der Waals surface area contributed by atoms with Crippen LogP contribution in [0, 0.1) is 49.4 Å². The largest absolute Gasteiger partial charge is 0.0651 e. The van der Waals surface area contributed by atoms with E-state index in [1.165, 1.54) is 127 Å². The molecule has 4 aliphatic carbocycles. The van der Waals surface area contributed by atoms with Gasteiger partial charge in [0.25, 0.3) is 0 Å². The van der Waals surface area contributed by atoms with Crippen molar-refractivity contribution < 1.29 is 0 Å². The van der Waals surface area contributed by atoms with Crippen molar-refractivity contribution in [3.8, 4) is 0 Å². The van der Waals surface area contributed by atoms with Gasteiger partial charge in [0.2, 0.25) is 0 Å². The van der Waals surface area contributed by atoms with E-state index in [4.69, 9.17) is 0 Å². The molecule has 232 valence electrons. The molecule has 0 nitrogen and oxygen atoms in total. The fourth-order valence-corrected chi connectivity index (χ4v) is 9.66. The van der Waals surface area contributed by atoms with Gasteiger partial charge in [0.05, 0.1) is 0 Å². The lowest BCUT2D eigenvalue weighted by Gasteiger charge is -2.38. The van der Waals surface area contributed by atoms with Crippen molar-refractivity contribution in [1.29, 1.82) is 0 Å². The van der Waals surface area contributed by atoms with Crippen LogP contribution in [0.25, 0.3) is 0 Å². The van der Waals surface area contributed by atoms with Gasteiger partial charge in [-0.25, -0.2) is 0 Å². The molecule has 2 aromatic rings. The Morgan fingerprint density at radius 1 is 0.381 bits per heavy atom. The van der Waals surface area contributed by atoms with Gasteiger partial charge in [0, 0.05) is 0 Å². The van der Waals surface area contributed by atoms with Gasteiger partial charge >= 0.3 is 0 Å². The van der Waals surface area contributed by atoms with Gasteiger partial charge in [-0.2, -0.15) is 0 Å². The quantitative estimate of drug-likeness (QED) is 0.325. The van der Waals surface area contributed by atoms with Gasteiger partial charge in [-0.1, -0.05) is 112 Å². The molecule has 0 heteroatoms. The minimum atomic E-state index is 0.842. The normalized spacial score (nSPS) is 33.8. The summed E-state index contributed by atoms with van der Waals surface area (Å²) in [5.41, 5.74) is 5.96. The lowest BCUT2D eigenvalue weighted by Crippen LogP contribution is -2.25. The van der Waals surface area contributed by atoms with E-state index >= 15 is 0 Å². The molecule has 6 rings (SSSR count). The topological polar surface area (TPSA) is 0 Å². The Morgan fingerprint density at radius 3 is 0.905 bits per heavy atom. The lowest BCUT2D eigenvalue weighted by molar-refractivity contribution is 0.158. The van der Waals surface area contributed by atoms with E-state index in [0.29, 0.717) is 0 Å². The van der Waals surface area contributed by atoms with E-state index in [0.717, 1.165) is 47.3 Å². The Bertz CT molecular complexity index is 913. The average Bonchev–Trinajstić information content (AvgIpc) is 3.06. The summed E-state index contributed by atoms with van der Waals surface area (Å²) in [4.78, 5) is 0. The second-order valence-corrected chi connectivity index (χ2v) is 15.4. The zero-order valence-corrected chi connectivity index (χ0v) is 28.0. The molecule has 0 aromatic heterocycles. The summed E-state index contributed by atoms with van der Waals surface area (Å²) in [6, 6.07) is 18.6. The minimum absolute atomic E-state index is 0.842. The van der Waals surface area contributed by atoms with Crippen LogP contribution in [0.1, 0.15) is 164 Å². The van der Waals surface area contributed by atoms with Gasteiger partial charge in [-0.15, -0.1) is 0 Å². The summed E-state index contributed by atoms with van der Waals surface area (Å²) < 4.78 is 0. The molecule has 4 aliphatic rings. The van der Waals surface area contributed by atoms with E-state index in [1.54, 1.807) is 11.1 Å². The predicted octanol–water partition coefficient (Wildman–Crippen LogP) is 13.0. The van der Waals surface area contributed by atoms with Crippen LogP contribution in [-0.2, 0) is 0 Å². The Balaban J connectivity index is 0.000000168. The van der Waals surface area contributed by atoms with Crippen LogP contribution in [0.3, 0.4) is 0 Å². The van der Waals surface area contributed by atoms with Crippen LogP contribution in [0.5, 0.6) is 0 Å². The number of hydrogen-bond donors (Lipinski definition) is 0. The zero-order valence-electron chi connectivity index (χ0n) is 28.0. The summed E-state index contributed by atoms with van der Waals surface area (Å²) in [6.07, 6.45) is 26.6. The molecule has 0 saturated heterocycles. The van der Waals surface area contributed by atoms with Crippen molar-refractivity contribution in [2.75, 3.05) is 0 Å². The molecule has 0 bridgehead atoms. The van der Waals surface area contributed by atoms with Crippen molar-refractivity contribution in [3.05, 3.63) is 70.8 Å². The first-order valence-corrected chi connectivity index (χ1v) is 18.6.